The highest BCUT2D eigenvalue weighted by atomic mass is 32.2. The van der Waals surface area contributed by atoms with E-state index < -0.39 is 14.9 Å². The van der Waals surface area contributed by atoms with Crippen LogP contribution in [-0.4, -0.2) is 18.0 Å². The molecule has 4 nitrogen and oxygen atoms in total. The third-order valence-electron chi connectivity index (χ3n) is 3.10. The zero-order chi connectivity index (χ0) is 14.6. The molecule has 0 aliphatic carbocycles. The summed E-state index contributed by atoms with van der Waals surface area (Å²) >= 11 is 0. The van der Waals surface area contributed by atoms with Crippen molar-refractivity contribution in [3.05, 3.63) is 72.1 Å². The van der Waals surface area contributed by atoms with Crippen molar-refractivity contribution in [3.63, 3.8) is 0 Å². The predicted molar refractivity (Wildman–Crippen MR) is 78.6 cm³/mol. The number of rotatable bonds is 4. The summed E-state index contributed by atoms with van der Waals surface area (Å²) in [5.41, 5.74) is 1.12. The highest BCUT2D eigenvalue weighted by molar-refractivity contribution is 7.87. The highest BCUT2D eigenvalue weighted by Gasteiger charge is 2.38. The third-order valence-corrected chi connectivity index (χ3v) is 4.52. The molecule has 0 amide bonds. The zero-order valence-corrected chi connectivity index (χ0v) is 11.8. The summed E-state index contributed by atoms with van der Waals surface area (Å²) in [4.78, 5) is 4.04. The Balaban J connectivity index is 2.48. The number of hydrogen-bond donors (Lipinski definition) is 1. The zero-order valence-electron chi connectivity index (χ0n) is 11.0. The van der Waals surface area contributed by atoms with Crippen molar-refractivity contribution in [2.24, 2.45) is 0 Å². The van der Waals surface area contributed by atoms with E-state index in [1.54, 1.807) is 24.3 Å². The molecule has 5 heteroatoms. The molecule has 2 rings (SSSR count). The number of hydrogen-bond acceptors (Lipinski definition) is 3. The lowest BCUT2D eigenvalue weighted by Gasteiger charge is -2.21. The van der Waals surface area contributed by atoms with Crippen molar-refractivity contribution in [1.29, 1.82) is 0 Å². The second kappa shape index (κ2) is 5.56. The van der Waals surface area contributed by atoms with Gasteiger partial charge in [0.05, 0.1) is 5.69 Å². The molecule has 1 unspecified atom stereocenters. The molecule has 1 N–H and O–H groups in total. The van der Waals surface area contributed by atoms with Gasteiger partial charge in [0.2, 0.25) is 0 Å². The number of nitrogens with zero attached hydrogens (tertiary/aromatic N) is 1. The van der Waals surface area contributed by atoms with E-state index in [1.165, 1.54) is 19.2 Å². The van der Waals surface area contributed by atoms with Crippen molar-refractivity contribution in [2.75, 3.05) is 0 Å². The smallest absolute Gasteiger partial charge is 0.279 e. The second-order valence-electron chi connectivity index (χ2n) is 4.54. The van der Waals surface area contributed by atoms with E-state index in [0.29, 0.717) is 0 Å². The maximum absolute atomic E-state index is 11.7. The van der Waals surface area contributed by atoms with Gasteiger partial charge in [0, 0.05) is 6.20 Å². The average molecular weight is 289 g/mol. The minimum Gasteiger partial charge on any atom is -0.285 e. The first-order chi connectivity index (χ1) is 9.43. The van der Waals surface area contributed by atoms with Crippen molar-refractivity contribution < 1.29 is 13.0 Å². The molecule has 20 heavy (non-hydrogen) atoms. The molecular formula is C15H15NO3S. The van der Waals surface area contributed by atoms with Crippen LogP contribution in [0.5, 0.6) is 0 Å². The highest BCUT2D eigenvalue weighted by Crippen LogP contribution is 2.30. The lowest BCUT2D eigenvalue weighted by molar-refractivity contribution is 0.454. The summed E-state index contributed by atoms with van der Waals surface area (Å²) in [6.07, 6.45) is 4.59. The van der Waals surface area contributed by atoms with Crippen LogP contribution in [0.4, 0.5) is 0 Å². The van der Waals surface area contributed by atoms with Gasteiger partial charge in [-0.15, -0.1) is 0 Å². The van der Waals surface area contributed by atoms with E-state index in [1.807, 2.05) is 30.3 Å². The molecule has 0 fully saturated rings. The van der Waals surface area contributed by atoms with E-state index in [2.05, 4.69) is 4.98 Å². The summed E-state index contributed by atoms with van der Waals surface area (Å²) in [5, 5.41) is 0. The molecule has 0 saturated carbocycles. The molecule has 2 aromatic rings. The standard InChI is InChI=1S/C15H15NO3S/c1-15(20(17,18)19,14-9-5-6-12-16-14)11-10-13-7-3-2-4-8-13/h2-12H,1H3,(H,17,18,19). The van der Waals surface area contributed by atoms with Gasteiger partial charge in [-0.3, -0.25) is 9.54 Å². The first kappa shape index (κ1) is 14.4. The van der Waals surface area contributed by atoms with Crippen molar-refractivity contribution in [1.82, 2.24) is 4.98 Å². The minimum absolute atomic E-state index is 0.273. The average Bonchev–Trinajstić information content (AvgIpc) is 2.45. The van der Waals surface area contributed by atoms with E-state index in [4.69, 9.17) is 0 Å². The third kappa shape index (κ3) is 2.95. The van der Waals surface area contributed by atoms with Crippen LogP contribution in [0, 0.1) is 0 Å². The largest absolute Gasteiger partial charge is 0.285 e. The maximum Gasteiger partial charge on any atom is 0.279 e. The molecule has 0 aliphatic heterocycles. The Labute approximate surface area is 118 Å². The summed E-state index contributed by atoms with van der Waals surface area (Å²) in [6, 6.07) is 14.2. The molecule has 0 radical (unpaired) electrons. The van der Waals surface area contributed by atoms with Crippen LogP contribution >= 0.6 is 0 Å². The maximum atomic E-state index is 11.7. The van der Waals surface area contributed by atoms with Crippen molar-refractivity contribution >= 4 is 16.2 Å². The Morgan fingerprint density at radius 2 is 1.75 bits per heavy atom. The van der Waals surface area contributed by atoms with Crippen molar-refractivity contribution in [3.8, 4) is 0 Å². The van der Waals surface area contributed by atoms with Crippen LogP contribution in [0.1, 0.15) is 18.2 Å². The SMILES string of the molecule is CC(C=Cc1ccccc1)(c1ccccn1)S(=O)(=O)O. The van der Waals surface area contributed by atoms with E-state index >= 15 is 0 Å². The summed E-state index contributed by atoms with van der Waals surface area (Å²) in [7, 11) is -4.34. The Morgan fingerprint density at radius 1 is 1.10 bits per heavy atom. The molecule has 104 valence electrons. The lowest BCUT2D eigenvalue weighted by atomic mass is 10.0. The summed E-state index contributed by atoms with van der Waals surface area (Å²) < 4.78 is 31.4. The molecule has 1 atom stereocenters. The quantitative estimate of drug-likeness (QED) is 0.879. The lowest BCUT2D eigenvalue weighted by Crippen LogP contribution is -2.30. The summed E-state index contributed by atoms with van der Waals surface area (Å²) in [5.74, 6) is 0. The van der Waals surface area contributed by atoms with Gasteiger partial charge in [-0.25, -0.2) is 0 Å². The Kier molecular flexibility index (Phi) is 4.01. The van der Waals surface area contributed by atoms with Crippen LogP contribution in [-0.2, 0) is 14.9 Å². The molecule has 1 aromatic carbocycles. The minimum atomic E-state index is -4.34. The van der Waals surface area contributed by atoms with Crippen LogP contribution in [0.25, 0.3) is 6.08 Å². The number of pyridine rings is 1. The van der Waals surface area contributed by atoms with Gasteiger partial charge in [0.15, 0.2) is 4.75 Å². The van der Waals surface area contributed by atoms with Gasteiger partial charge in [0.25, 0.3) is 10.1 Å². The molecule has 1 aromatic heterocycles. The van der Waals surface area contributed by atoms with Crippen LogP contribution < -0.4 is 0 Å². The second-order valence-corrected chi connectivity index (χ2v) is 6.34. The van der Waals surface area contributed by atoms with Gasteiger partial charge in [-0.05, 0) is 24.6 Å². The van der Waals surface area contributed by atoms with E-state index in [9.17, 15) is 13.0 Å². The monoisotopic (exact) mass is 289 g/mol. The summed E-state index contributed by atoms with van der Waals surface area (Å²) in [6.45, 7) is 1.42. The number of aromatic nitrogens is 1. The molecule has 0 spiro atoms. The van der Waals surface area contributed by atoms with Crippen LogP contribution in [0.3, 0.4) is 0 Å². The van der Waals surface area contributed by atoms with Crippen molar-refractivity contribution in [2.45, 2.75) is 11.7 Å². The Hall–Kier alpha value is -1.98. The first-order valence-electron chi connectivity index (χ1n) is 6.06. The number of benzene rings is 1. The van der Waals surface area contributed by atoms with E-state index in [0.717, 1.165) is 5.56 Å². The van der Waals surface area contributed by atoms with E-state index in [-0.39, 0.29) is 5.69 Å². The Bertz CT molecular complexity index is 696. The fourth-order valence-corrected chi connectivity index (χ4v) is 2.40. The molecule has 1 heterocycles. The topological polar surface area (TPSA) is 67.3 Å². The first-order valence-corrected chi connectivity index (χ1v) is 7.50. The van der Waals surface area contributed by atoms with Gasteiger partial charge in [-0.2, -0.15) is 8.42 Å². The van der Waals surface area contributed by atoms with Crippen LogP contribution in [0.2, 0.25) is 0 Å². The predicted octanol–water partition coefficient (Wildman–Crippen LogP) is 2.90. The molecule has 0 bridgehead atoms. The van der Waals surface area contributed by atoms with Gasteiger partial charge < -0.3 is 0 Å². The molecule has 0 aliphatic rings. The van der Waals surface area contributed by atoms with Gasteiger partial charge >= 0.3 is 0 Å². The fraction of sp³-hybridized carbons (Fsp3) is 0.133. The Morgan fingerprint density at radius 3 is 2.30 bits per heavy atom. The molecular weight excluding hydrogens is 274 g/mol. The van der Waals surface area contributed by atoms with Gasteiger partial charge in [0.1, 0.15) is 0 Å². The normalized spacial score (nSPS) is 15.1. The fourth-order valence-electron chi connectivity index (χ4n) is 1.78. The van der Waals surface area contributed by atoms with Gasteiger partial charge in [-0.1, -0.05) is 48.6 Å². The molecule has 0 saturated heterocycles. The van der Waals surface area contributed by atoms with Crippen LogP contribution in [0.15, 0.2) is 60.8 Å².